The Kier molecular flexibility index (Phi) is 5.09. The van der Waals surface area contributed by atoms with Gasteiger partial charge < -0.3 is 20.2 Å². The number of carbonyl (C=O) groups is 1. The molecule has 0 aromatic carbocycles. The van der Waals surface area contributed by atoms with Crippen LogP contribution in [0, 0.1) is 11.3 Å². The molecule has 132 valence electrons. The van der Waals surface area contributed by atoms with E-state index >= 15 is 0 Å². The highest BCUT2D eigenvalue weighted by Crippen LogP contribution is 2.50. The summed E-state index contributed by atoms with van der Waals surface area (Å²) in [7, 11) is 0. The van der Waals surface area contributed by atoms with Crippen molar-refractivity contribution in [3.63, 3.8) is 0 Å². The van der Waals surface area contributed by atoms with Crippen molar-refractivity contribution in [1.82, 2.24) is 15.1 Å². The first-order chi connectivity index (χ1) is 10.7. The third-order valence-corrected chi connectivity index (χ3v) is 6.80. The second-order valence-corrected chi connectivity index (χ2v) is 8.09. The predicted octanol–water partition coefficient (Wildman–Crippen LogP) is 2.40. The van der Waals surface area contributed by atoms with Gasteiger partial charge in [0.05, 0.1) is 0 Å². The van der Waals surface area contributed by atoms with Crippen LogP contribution in [0.15, 0.2) is 0 Å². The molecule has 1 saturated carbocycles. The number of nitrogens with one attached hydrogen (secondary N) is 1. The lowest BCUT2D eigenvalue weighted by Gasteiger charge is -2.52. The van der Waals surface area contributed by atoms with Gasteiger partial charge in [-0.3, -0.25) is 0 Å². The van der Waals surface area contributed by atoms with Gasteiger partial charge in [0, 0.05) is 25.2 Å². The van der Waals surface area contributed by atoms with Gasteiger partial charge >= 0.3 is 6.09 Å². The van der Waals surface area contributed by atoms with Crippen molar-refractivity contribution >= 4 is 18.5 Å². The lowest BCUT2D eigenvalue weighted by atomic mass is 9.64. The second-order valence-electron chi connectivity index (χ2n) is 8.09. The molecule has 2 N–H and O–H groups in total. The Morgan fingerprint density at radius 2 is 1.87 bits per heavy atom. The fourth-order valence-electron chi connectivity index (χ4n) is 5.43. The van der Waals surface area contributed by atoms with Gasteiger partial charge in [-0.1, -0.05) is 0 Å². The highest BCUT2D eigenvalue weighted by atomic mass is 35.5. The summed E-state index contributed by atoms with van der Waals surface area (Å²) in [6.07, 6.45) is 8.23. The third-order valence-electron chi connectivity index (χ3n) is 6.80. The minimum absolute atomic E-state index is 0. The molecule has 6 heteroatoms. The quantitative estimate of drug-likeness (QED) is 0.808. The summed E-state index contributed by atoms with van der Waals surface area (Å²) in [5.74, 6) is 0.891. The van der Waals surface area contributed by atoms with Crippen LogP contribution in [0.25, 0.3) is 0 Å². The number of amides is 1. The molecule has 0 aromatic rings. The average Bonchev–Trinajstić information content (AvgIpc) is 3.15. The summed E-state index contributed by atoms with van der Waals surface area (Å²) in [6.45, 7) is 5.26. The van der Waals surface area contributed by atoms with Gasteiger partial charge in [-0.05, 0) is 75.9 Å². The maximum absolute atomic E-state index is 11.1. The molecular weight excluding hydrogens is 314 g/mol. The van der Waals surface area contributed by atoms with Crippen LogP contribution in [-0.4, -0.2) is 65.8 Å². The molecule has 1 spiro atoms. The van der Waals surface area contributed by atoms with Gasteiger partial charge in [0.2, 0.25) is 0 Å². The largest absolute Gasteiger partial charge is 0.465 e. The Bertz CT molecular complexity index is 428. The molecule has 1 amide bonds. The molecule has 0 bridgehead atoms. The monoisotopic (exact) mass is 343 g/mol. The van der Waals surface area contributed by atoms with E-state index in [0.29, 0.717) is 5.41 Å². The van der Waals surface area contributed by atoms with Gasteiger partial charge in [0.25, 0.3) is 0 Å². The molecular formula is C17H30ClN3O2. The van der Waals surface area contributed by atoms with Crippen LogP contribution in [0.2, 0.25) is 0 Å². The first kappa shape index (κ1) is 17.3. The van der Waals surface area contributed by atoms with Gasteiger partial charge in [0.15, 0.2) is 0 Å². The zero-order chi connectivity index (χ0) is 15.2. The standard InChI is InChI=1S/C17H29N3O2.ClH/c21-16(22)20-9-5-17(12-20)10-14(11-17)19-7-3-13(4-8-19)15-2-1-6-18-15;/h13-15,18H,1-12H2,(H,21,22);1H. The Balaban J connectivity index is 0.00000156. The summed E-state index contributed by atoms with van der Waals surface area (Å²) >= 11 is 0. The zero-order valence-electron chi connectivity index (χ0n) is 13.9. The summed E-state index contributed by atoms with van der Waals surface area (Å²) in [5.41, 5.74) is 0.326. The van der Waals surface area contributed by atoms with Crippen LogP contribution in [0.3, 0.4) is 0 Å². The number of halogens is 1. The van der Waals surface area contributed by atoms with Crippen molar-refractivity contribution in [2.75, 3.05) is 32.7 Å². The number of likely N-dealkylation sites (tertiary alicyclic amines) is 2. The zero-order valence-corrected chi connectivity index (χ0v) is 14.7. The van der Waals surface area contributed by atoms with E-state index in [0.717, 1.165) is 37.5 Å². The van der Waals surface area contributed by atoms with E-state index in [9.17, 15) is 4.79 Å². The van der Waals surface area contributed by atoms with Crippen molar-refractivity contribution in [2.45, 2.75) is 57.0 Å². The van der Waals surface area contributed by atoms with E-state index in [1.165, 1.54) is 58.2 Å². The third kappa shape index (κ3) is 3.33. The number of rotatable bonds is 2. The van der Waals surface area contributed by atoms with E-state index in [1.54, 1.807) is 4.90 Å². The molecule has 4 fully saturated rings. The SMILES string of the molecule is Cl.O=C(O)N1CCC2(CC(N3CCC(C4CCCN4)CC3)C2)C1. The van der Waals surface area contributed by atoms with Crippen LogP contribution < -0.4 is 5.32 Å². The Hall–Kier alpha value is -0.520. The molecule has 5 nitrogen and oxygen atoms in total. The topological polar surface area (TPSA) is 55.8 Å². The maximum atomic E-state index is 11.1. The van der Waals surface area contributed by atoms with Crippen molar-refractivity contribution in [3.8, 4) is 0 Å². The fraction of sp³-hybridized carbons (Fsp3) is 0.941. The lowest BCUT2D eigenvalue weighted by Crippen LogP contribution is -2.55. The number of hydrogen-bond acceptors (Lipinski definition) is 3. The van der Waals surface area contributed by atoms with Crippen LogP contribution in [-0.2, 0) is 0 Å². The Morgan fingerprint density at radius 1 is 1.13 bits per heavy atom. The van der Waals surface area contributed by atoms with Crippen molar-refractivity contribution in [1.29, 1.82) is 0 Å². The number of piperidine rings is 1. The van der Waals surface area contributed by atoms with Crippen LogP contribution in [0.1, 0.15) is 44.9 Å². The molecule has 3 aliphatic heterocycles. The maximum Gasteiger partial charge on any atom is 0.407 e. The smallest absolute Gasteiger partial charge is 0.407 e. The van der Waals surface area contributed by atoms with Gasteiger partial charge in [0.1, 0.15) is 0 Å². The molecule has 4 aliphatic rings. The van der Waals surface area contributed by atoms with Crippen LogP contribution >= 0.6 is 12.4 Å². The van der Waals surface area contributed by atoms with Crippen molar-refractivity contribution in [2.24, 2.45) is 11.3 Å². The lowest BCUT2D eigenvalue weighted by molar-refractivity contribution is -0.0108. The van der Waals surface area contributed by atoms with E-state index in [-0.39, 0.29) is 12.4 Å². The minimum atomic E-state index is -0.731. The highest BCUT2D eigenvalue weighted by Gasteiger charge is 2.51. The molecule has 0 radical (unpaired) electrons. The summed E-state index contributed by atoms with van der Waals surface area (Å²) in [6, 6.07) is 1.51. The molecule has 1 aliphatic carbocycles. The van der Waals surface area contributed by atoms with Gasteiger partial charge in [-0.15, -0.1) is 12.4 Å². The molecule has 0 aromatic heterocycles. The van der Waals surface area contributed by atoms with Crippen LogP contribution in [0.5, 0.6) is 0 Å². The number of carboxylic acid groups (broad SMARTS) is 1. The molecule has 3 saturated heterocycles. The average molecular weight is 344 g/mol. The first-order valence-corrected chi connectivity index (χ1v) is 9.11. The molecule has 4 rings (SSSR count). The highest BCUT2D eigenvalue weighted by molar-refractivity contribution is 5.85. The summed E-state index contributed by atoms with van der Waals surface area (Å²) < 4.78 is 0. The second kappa shape index (κ2) is 6.77. The number of hydrogen-bond donors (Lipinski definition) is 2. The van der Waals surface area contributed by atoms with E-state index in [2.05, 4.69) is 10.2 Å². The van der Waals surface area contributed by atoms with Gasteiger partial charge in [-0.2, -0.15) is 0 Å². The van der Waals surface area contributed by atoms with E-state index in [4.69, 9.17) is 5.11 Å². The molecule has 23 heavy (non-hydrogen) atoms. The van der Waals surface area contributed by atoms with E-state index < -0.39 is 6.09 Å². The molecule has 1 atom stereocenters. The minimum Gasteiger partial charge on any atom is -0.465 e. The van der Waals surface area contributed by atoms with Crippen LogP contribution in [0.4, 0.5) is 4.79 Å². The first-order valence-electron chi connectivity index (χ1n) is 9.11. The van der Waals surface area contributed by atoms with Crippen molar-refractivity contribution in [3.05, 3.63) is 0 Å². The Labute approximate surface area is 145 Å². The summed E-state index contributed by atoms with van der Waals surface area (Å²) in [4.78, 5) is 15.4. The fourth-order valence-corrected chi connectivity index (χ4v) is 5.43. The predicted molar refractivity (Wildman–Crippen MR) is 92.2 cm³/mol. The van der Waals surface area contributed by atoms with Gasteiger partial charge in [-0.25, -0.2) is 4.79 Å². The molecule has 1 unspecified atom stereocenters. The van der Waals surface area contributed by atoms with E-state index in [1.807, 2.05) is 0 Å². The summed E-state index contributed by atoms with van der Waals surface area (Å²) in [5, 5.41) is 12.8. The molecule has 3 heterocycles. The Morgan fingerprint density at radius 3 is 2.43 bits per heavy atom. The number of nitrogens with zero attached hydrogens (tertiary/aromatic N) is 2. The van der Waals surface area contributed by atoms with Crippen molar-refractivity contribution < 1.29 is 9.90 Å². The normalized spacial score (nSPS) is 38.5.